The number of fused-ring (bicyclic) bond motifs is 1. The zero-order chi connectivity index (χ0) is 14.8. The van der Waals surface area contributed by atoms with Crippen LogP contribution in [0.3, 0.4) is 0 Å². The van der Waals surface area contributed by atoms with Crippen molar-refractivity contribution in [3.05, 3.63) is 40.7 Å². The second-order valence-corrected chi connectivity index (χ2v) is 5.33. The molecule has 2 aromatic heterocycles. The number of ether oxygens (including phenoxy) is 2. The van der Waals surface area contributed by atoms with Gasteiger partial charge in [-0.3, -0.25) is 0 Å². The molecule has 2 heterocycles. The van der Waals surface area contributed by atoms with Crippen LogP contribution in [0.25, 0.3) is 4.96 Å². The topological polar surface area (TPSA) is 72.4 Å². The molecular weight excluding hydrogens is 288 g/mol. The molecule has 1 aromatic carbocycles. The average Bonchev–Trinajstić information content (AvgIpc) is 3.01. The van der Waals surface area contributed by atoms with Crippen molar-refractivity contribution >= 4 is 16.3 Å². The van der Waals surface area contributed by atoms with E-state index < -0.39 is 0 Å². The number of para-hydroxylation sites is 2. The number of nitriles is 1. The summed E-state index contributed by atoms with van der Waals surface area (Å²) in [7, 11) is 1.60. The van der Waals surface area contributed by atoms with E-state index in [1.807, 2.05) is 24.3 Å². The van der Waals surface area contributed by atoms with Crippen LogP contribution in [0.1, 0.15) is 16.4 Å². The predicted octanol–water partition coefficient (Wildman–Crippen LogP) is 2.56. The van der Waals surface area contributed by atoms with E-state index in [0.717, 1.165) is 5.01 Å². The van der Waals surface area contributed by atoms with Crippen LogP contribution >= 0.6 is 11.3 Å². The van der Waals surface area contributed by atoms with Crippen LogP contribution in [0.4, 0.5) is 0 Å². The molecule has 21 heavy (non-hydrogen) atoms. The first kappa shape index (κ1) is 13.4. The zero-order valence-corrected chi connectivity index (χ0v) is 12.3. The number of rotatable bonds is 4. The van der Waals surface area contributed by atoms with Crippen molar-refractivity contribution < 1.29 is 9.47 Å². The highest BCUT2D eigenvalue weighted by atomic mass is 32.1. The van der Waals surface area contributed by atoms with Gasteiger partial charge in [-0.25, -0.2) is 4.98 Å². The van der Waals surface area contributed by atoms with Gasteiger partial charge in [0.2, 0.25) is 4.96 Å². The highest BCUT2D eigenvalue weighted by Gasteiger charge is 2.14. The molecule has 0 amide bonds. The summed E-state index contributed by atoms with van der Waals surface area (Å²) in [5.74, 6) is 1.33. The SMILES string of the molecule is COc1ccccc1OCc1nn2c(C#N)c(C)nc2s1. The summed E-state index contributed by atoms with van der Waals surface area (Å²) in [6, 6.07) is 9.54. The Morgan fingerprint density at radius 2 is 2.10 bits per heavy atom. The van der Waals surface area contributed by atoms with Gasteiger partial charge < -0.3 is 9.47 Å². The molecular formula is C14H12N4O2S. The molecule has 3 aromatic rings. The van der Waals surface area contributed by atoms with Crippen molar-refractivity contribution in [2.24, 2.45) is 0 Å². The molecule has 106 valence electrons. The van der Waals surface area contributed by atoms with Gasteiger partial charge in [0.1, 0.15) is 12.7 Å². The Hall–Kier alpha value is -2.59. The minimum atomic E-state index is 0.304. The lowest BCUT2D eigenvalue weighted by molar-refractivity contribution is 0.283. The summed E-state index contributed by atoms with van der Waals surface area (Å²) in [5.41, 5.74) is 1.15. The standard InChI is InChI=1S/C14H12N4O2S/c1-9-10(7-15)18-14(16-9)21-13(17-18)8-20-12-6-4-3-5-11(12)19-2/h3-6H,8H2,1-2H3. The fraction of sp³-hybridized carbons (Fsp3) is 0.214. The van der Waals surface area contributed by atoms with Crippen molar-refractivity contribution in [1.29, 1.82) is 5.26 Å². The molecule has 7 heteroatoms. The van der Waals surface area contributed by atoms with Crippen molar-refractivity contribution in [3.63, 3.8) is 0 Å². The molecule has 0 saturated carbocycles. The normalized spacial score (nSPS) is 10.5. The second kappa shape index (κ2) is 5.42. The highest BCUT2D eigenvalue weighted by molar-refractivity contribution is 7.16. The van der Waals surface area contributed by atoms with Gasteiger partial charge in [0, 0.05) is 0 Å². The molecule has 0 aliphatic carbocycles. The van der Waals surface area contributed by atoms with Crippen LogP contribution in [-0.4, -0.2) is 21.7 Å². The summed E-state index contributed by atoms with van der Waals surface area (Å²) >= 11 is 1.40. The largest absolute Gasteiger partial charge is 0.493 e. The average molecular weight is 300 g/mol. The first-order valence-corrected chi connectivity index (χ1v) is 7.05. The van der Waals surface area contributed by atoms with Gasteiger partial charge in [0.05, 0.1) is 12.8 Å². The smallest absolute Gasteiger partial charge is 0.213 e. The van der Waals surface area contributed by atoms with Gasteiger partial charge in [-0.2, -0.15) is 14.9 Å². The summed E-state index contributed by atoms with van der Waals surface area (Å²) in [6.45, 7) is 2.10. The Bertz CT molecular complexity index is 831. The number of hydrogen-bond donors (Lipinski definition) is 0. The number of aromatic nitrogens is 3. The molecule has 6 nitrogen and oxygen atoms in total. The molecule has 0 saturated heterocycles. The molecule has 0 atom stereocenters. The van der Waals surface area contributed by atoms with Crippen molar-refractivity contribution in [2.75, 3.05) is 7.11 Å². The van der Waals surface area contributed by atoms with E-state index in [4.69, 9.17) is 14.7 Å². The Morgan fingerprint density at radius 3 is 2.81 bits per heavy atom. The van der Waals surface area contributed by atoms with E-state index in [0.29, 0.717) is 34.5 Å². The van der Waals surface area contributed by atoms with Crippen LogP contribution in [0.2, 0.25) is 0 Å². The van der Waals surface area contributed by atoms with Gasteiger partial charge in [0.15, 0.2) is 22.2 Å². The lowest BCUT2D eigenvalue weighted by Crippen LogP contribution is -1.99. The first-order valence-electron chi connectivity index (χ1n) is 6.24. The highest BCUT2D eigenvalue weighted by Crippen LogP contribution is 2.27. The maximum absolute atomic E-state index is 9.10. The number of aryl methyl sites for hydroxylation is 1. The number of hydrogen-bond acceptors (Lipinski definition) is 6. The van der Waals surface area contributed by atoms with Crippen molar-refractivity contribution in [1.82, 2.24) is 14.6 Å². The molecule has 0 fully saturated rings. The molecule has 0 radical (unpaired) electrons. The number of nitrogens with zero attached hydrogens (tertiary/aromatic N) is 4. The van der Waals surface area contributed by atoms with Gasteiger partial charge in [-0.15, -0.1) is 0 Å². The van der Waals surface area contributed by atoms with Crippen LogP contribution in [0.5, 0.6) is 11.5 Å². The van der Waals surface area contributed by atoms with Crippen LogP contribution in [0, 0.1) is 18.3 Å². The third-order valence-corrected chi connectivity index (χ3v) is 3.83. The Balaban J connectivity index is 1.83. The lowest BCUT2D eigenvalue weighted by Gasteiger charge is -2.08. The number of imidazole rings is 1. The van der Waals surface area contributed by atoms with Gasteiger partial charge in [-0.05, 0) is 19.1 Å². The van der Waals surface area contributed by atoms with Gasteiger partial charge in [0.25, 0.3) is 0 Å². The van der Waals surface area contributed by atoms with Crippen molar-refractivity contribution in [3.8, 4) is 17.6 Å². The molecule has 0 bridgehead atoms. The van der Waals surface area contributed by atoms with Crippen LogP contribution < -0.4 is 9.47 Å². The second-order valence-electron chi connectivity index (χ2n) is 4.29. The lowest BCUT2D eigenvalue weighted by atomic mass is 10.3. The number of methoxy groups -OCH3 is 1. The predicted molar refractivity (Wildman–Crippen MR) is 77.6 cm³/mol. The molecule has 0 N–H and O–H groups in total. The Kier molecular flexibility index (Phi) is 3.46. The van der Waals surface area contributed by atoms with E-state index in [1.54, 1.807) is 18.5 Å². The first-order chi connectivity index (χ1) is 10.2. The third-order valence-electron chi connectivity index (χ3n) is 2.95. The molecule has 0 spiro atoms. The summed E-state index contributed by atoms with van der Waals surface area (Å²) in [6.07, 6.45) is 0. The van der Waals surface area contributed by atoms with Crippen LogP contribution in [-0.2, 0) is 6.61 Å². The molecule has 3 rings (SSSR count). The fourth-order valence-corrected chi connectivity index (χ4v) is 2.81. The van der Waals surface area contributed by atoms with E-state index in [9.17, 15) is 0 Å². The van der Waals surface area contributed by atoms with E-state index >= 15 is 0 Å². The van der Waals surface area contributed by atoms with E-state index in [1.165, 1.54) is 11.3 Å². The monoisotopic (exact) mass is 300 g/mol. The zero-order valence-electron chi connectivity index (χ0n) is 11.5. The minimum absolute atomic E-state index is 0.304. The minimum Gasteiger partial charge on any atom is -0.493 e. The third kappa shape index (κ3) is 2.41. The van der Waals surface area contributed by atoms with E-state index in [-0.39, 0.29) is 0 Å². The molecule has 0 aliphatic rings. The maximum Gasteiger partial charge on any atom is 0.213 e. The Morgan fingerprint density at radius 1 is 1.33 bits per heavy atom. The Labute approximate surface area is 125 Å². The fourth-order valence-electron chi connectivity index (χ4n) is 1.95. The van der Waals surface area contributed by atoms with E-state index in [2.05, 4.69) is 16.2 Å². The number of benzene rings is 1. The quantitative estimate of drug-likeness (QED) is 0.740. The van der Waals surface area contributed by atoms with Crippen molar-refractivity contribution in [2.45, 2.75) is 13.5 Å². The summed E-state index contributed by atoms with van der Waals surface area (Å²) in [5, 5.41) is 14.2. The van der Waals surface area contributed by atoms with Crippen LogP contribution in [0.15, 0.2) is 24.3 Å². The summed E-state index contributed by atoms with van der Waals surface area (Å²) in [4.78, 5) is 5.01. The molecule has 0 aliphatic heterocycles. The van der Waals surface area contributed by atoms with Gasteiger partial charge in [-0.1, -0.05) is 23.5 Å². The van der Waals surface area contributed by atoms with Gasteiger partial charge >= 0.3 is 0 Å². The molecule has 0 unspecified atom stereocenters. The summed E-state index contributed by atoms with van der Waals surface area (Å²) < 4.78 is 12.5. The maximum atomic E-state index is 9.10.